The average Bonchev–Trinajstić information content (AvgIpc) is 2.98. The Bertz CT molecular complexity index is 442. The molecule has 0 bridgehead atoms. The number of hydrogen-bond acceptors (Lipinski definition) is 4. The second kappa shape index (κ2) is 5.88. The second-order valence-corrected chi connectivity index (χ2v) is 4.72. The minimum atomic E-state index is -1.01. The Labute approximate surface area is 110 Å². The van der Waals surface area contributed by atoms with Crippen LogP contribution in [0, 0.1) is 0 Å². The quantitative estimate of drug-likeness (QED) is 0.829. The summed E-state index contributed by atoms with van der Waals surface area (Å²) in [6, 6.07) is 3.54. The van der Waals surface area contributed by atoms with Crippen molar-refractivity contribution < 1.29 is 23.8 Å². The Balaban J connectivity index is 1.79. The molecular weight excluding hydrogens is 250 g/mol. The number of amides is 1. The fraction of sp³-hybridized carbons (Fsp3) is 0.538. The van der Waals surface area contributed by atoms with Crippen LogP contribution in [0.1, 0.15) is 25.5 Å². The molecule has 6 heteroatoms. The number of carboxylic acid groups (broad SMARTS) is 1. The van der Waals surface area contributed by atoms with Crippen molar-refractivity contribution in [1.29, 1.82) is 0 Å². The van der Waals surface area contributed by atoms with Gasteiger partial charge in [0.05, 0.1) is 6.26 Å². The van der Waals surface area contributed by atoms with E-state index in [4.69, 9.17) is 14.3 Å². The van der Waals surface area contributed by atoms with Crippen LogP contribution in [-0.2, 0) is 20.7 Å². The Morgan fingerprint density at radius 2 is 2.21 bits per heavy atom. The Kier molecular flexibility index (Phi) is 4.21. The van der Waals surface area contributed by atoms with Crippen LogP contribution in [0.5, 0.6) is 0 Å². The third-order valence-corrected chi connectivity index (χ3v) is 3.06. The predicted octanol–water partition coefficient (Wildman–Crippen LogP) is 0.959. The van der Waals surface area contributed by atoms with Crippen molar-refractivity contribution in [3.05, 3.63) is 24.2 Å². The van der Waals surface area contributed by atoms with Crippen LogP contribution in [0.15, 0.2) is 22.8 Å². The highest BCUT2D eigenvalue weighted by atomic mass is 16.5. The van der Waals surface area contributed by atoms with Crippen LogP contribution in [-0.4, -0.2) is 35.2 Å². The van der Waals surface area contributed by atoms with E-state index < -0.39 is 18.2 Å². The van der Waals surface area contributed by atoms with Crippen LogP contribution in [0.3, 0.4) is 0 Å². The summed E-state index contributed by atoms with van der Waals surface area (Å²) in [5, 5.41) is 11.6. The van der Waals surface area contributed by atoms with E-state index in [-0.39, 0.29) is 11.9 Å². The molecule has 19 heavy (non-hydrogen) atoms. The number of carboxylic acids is 1. The van der Waals surface area contributed by atoms with Gasteiger partial charge in [-0.05, 0) is 31.9 Å². The van der Waals surface area contributed by atoms with Gasteiger partial charge in [-0.1, -0.05) is 0 Å². The van der Waals surface area contributed by atoms with E-state index >= 15 is 0 Å². The number of nitrogens with one attached hydrogen (secondary N) is 1. The molecule has 1 aliphatic heterocycles. The van der Waals surface area contributed by atoms with Crippen LogP contribution in [0.2, 0.25) is 0 Å². The predicted molar refractivity (Wildman–Crippen MR) is 65.5 cm³/mol. The lowest BCUT2D eigenvalue weighted by molar-refractivity contribution is -0.151. The largest absolute Gasteiger partial charge is 0.479 e. The van der Waals surface area contributed by atoms with Crippen LogP contribution >= 0.6 is 0 Å². The van der Waals surface area contributed by atoms with Gasteiger partial charge in [0.1, 0.15) is 11.9 Å². The standard InChI is InChI=1S/C13H17NO5/c1-8(7-9-3-2-6-18-9)14-12(15)10-4-5-11(19-10)13(16)17/h2-3,6,8,10-11H,4-5,7H2,1H3,(H,14,15)(H,16,17)/t8?,10-,11+/m0/s1. The van der Waals surface area contributed by atoms with Crippen LogP contribution in [0.25, 0.3) is 0 Å². The molecule has 1 saturated heterocycles. The molecule has 1 aromatic heterocycles. The minimum Gasteiger partial charge on any atom is -0.479 e. The first-order chi connectivity index (χ1) is 9.06. The smallest absolute Gasteiger partial charge is 0.332 e. The van der Waals surface area contributed by atoms with Gasteiger partial charge in [-0.25, -0.2) is 4.79 Å². The molecule has 104 valence electrons. The van der Waals surface area contributed by atoms with Crippen molar-refractivity contribution in [2.45, 2.75) is 44.4 Å². The first-order valence-corrected chi connectivity index (χ1v) is 6.27. The van der Waals surface area contributed by atoms with Gasteiger partial charge in [0.25, 0.3) is 0 Å². The number of carbonyl (C=O) groups excluding carboxylic acids is 1. The second-order valence-electron chi connectivity index (χ2n) is 4.72. The van der Waals surface area contributed by atoms with E-state index in [9.17, 15) is 9.59 Å². The molecule has 1 unspecified atom stereocenters. The zero-order chi connectivity index (χ0) is 13.8. The van der Waals surface area contributed by atoms with E-state index in [0.29, 0.717) is 19.3 Å². The summed E-state index contributed by atoms with van der Waals surface area (Å²) in [6.45, 7) is 1.87. The van der Waals surface area contributed by atoms with Crippen molar-refractivity contribution in [3.63, 3.8) is 0 Å². The molecule has 2 rings (SSSR count). The van der Waals surface area contributed by atoms with Gasteiger partial charge in [-0.2, -0.15) is 0 Å². The molecule has 1 aliphatic rings. The Morgan fingerprint density at radius 3 is 2.79 bits per heavy atom. The molecule has 0 spiro atoms. The molecule has 1 aromatic rings. The average molecular weight is 267 g/mol. The zero-order valence-corrected chi connectivity index (χ0v) is 10.7. The van der Waals surface area contributed by atoms with Gasteiger partial charge in [0.2, 0.25) is 5.91 Å². The first-order valence-electron chi connectivity index (χ1n) is 6.27. The molecule has 2 heterocycles. The molecule has 6 nitrogen and oxygen atoms in total. The highest BCUT2D eigenvalue weighted by Gasteiger charge is 2.35. The molecule has 0 aliphatic carbocycles. The van der Waals surface area contributed by atoms with Crippen molar-refractivity contribution in [1.82, 2.24) is 5.32 Å². The Morgan fingerprint density at radius 1 is 1.47 bits per heavy atom. The minimum absolute atomic E-state index is 0.0915. The molecule has 1 fully saturated rings. The van der Waals surface area contributed by atoms with E-state index in [2.05, 4.69) is 5.32 Å². The maximum atomic E-state index is 11.9. The monoisotopic (exact) mass is 267 g/mol. The summed E-state index contributed by atoms with van der Waals surface area (Å²) in [4.78, 5) is 22.6. The SMILES string of the molecule is CC(Cc1ccco1)NC(=O)[C@@H]1CC[C@H](C(=O)O)O1. The topological polar surface area (TPSA) is 88.8 Å². The summed E-state index contributed by atoms with van der Waals surface area (Å²) < 4.78 is 10.4. The fourth-order valence-corrected chi connectivity index (χ4v) is 2.13. The molecule has 3 atom stereocenters. The van der Waals surface area contributed by atoms with Gasteiger partial charge in [0.15, 0.2) is 6.10 Å². The lowest BCUT2D eigenvalue weighted by Gasteiger charge is -2.16. The lowest BCUT2D eigenvalue weighted by atomic mass is 10.1. The number of aliphatic carboxylic acids is 1. The molecule has 0 saturated carbocycles. The Hall–Kier alpha value is -1.82. The zero-order valence-electron chi connectivity index (χ0n) is 10.7. The van der Waals surface area contributed by atoms with Crippen LogP contribution < -0.4 is 5.32 Å². The summed E-state index contributed by atoms with van der Waals surface area (Å²) in [5.41, 5.74) is 0. The van der Waals surface area contributed by atoms with Crippen molar-refractivity contribution in [2.24, 2.45) is 0 Å². The van der Waals surface area contributed by atoms with E-state index in [1.54, 1.807) is 12.3 Å². The van der Waals surface area contributed by atoms with Gasteiger partial charge >= 0.3 is 5.97 Å². The van der Waals surface area contributed by atoms with Crippen molar-refractivity contribution >= 4 is 11.9 Å². The normalized spacial score (nSPS) is 24.1. The van der Waals surface area contributed by atoms with Crippen LogP contribution in [0.4, 0.5) is 0 Å². The van der Waals surface area contributed by atoms with E-state index in [1.165, 1.54) is 0 Å². The summed E-state index contributed by atoms with van der Waals surface area (Å²) >= 11 is 0. The maximum Gasteiger partial charge on any atom is 0.332 e. The lowest BCUT2D eigenvalue weighted by Crippen LogP contribution is -2.41. The summed E-state index contributed by atoms with van der Waals surface area (Å²) in [7, 11) is 0. The van der Waals surface area contributed by atoms with E-state index in [0.717, 1.165) is 5.76 Å². The van der Waals surface area contributed by atoms with Crippen molar-refractivity contribution in [2.75, 3.05) is 0 Å². The number of carbonyl (C=O) groups is 2. The van der Waals surface area contributed by atoms with Gasteiger partial charge in [-0.3, -0.25) is 4.79 Å². The first kappa shape index (κ1) is 13.6. The highest BCUT2D eigenvalue weighted by molar-refractivity contribution is 5.82. The van der Waals surface area contributed by atoms with Crippen molar-refractivity contribution in [3.8, 4) is 0 Å². The maximum absolute atomic E-state index is 11.9. The molecule has 0 radical (unpaired) electrons. The third kappa shape index (κ3) is 3.57. The molecule has 0 aromatic carbocycles. The molecular formula is C13H17NO5. The van der Waals surface area contributed by atoms with Gasteiger partial charge in [-0.15, -0.1) is 0 Å². The fourth-order valence-electron chi connectivity index (χ4n) is 2.13. The highest BCUT2D eigenvalue weighted by Crippen LogP contribution is 2.20. The van der Waals surface area contributed by atoms with E-state index in [1.807, 2.05) is 13.0 Å². The molecule has 2 N–H and O–H groups in total. The summed E-state index contributed by atoms with van der Waals surface area (Å²) in [6.07, 6.45) is 1.46. The van der Waals surface area contributed by atoms with Gasteiger partial charge in [0, 0.05) is 12.5 Å². The molecule has 1 amide bonds. The third-order valence-electron chi connectivity index (χ3n) is 3.06. The number of furan rings is 1. The number of ether oxygens (including phenoxy) is 1. The summed E-state index contributed by atoms with van der Waals surface area (Å²) in [5.74, 6) is -0.481. The number of rotatable bonds is 5. The van der Waals surface area contributed by atoms with Gasteiger partial charge < -0.3 is 19.6 Å². The number of hydrogen-bond donors (Lipinski definition) is 2.